The van der Waals surface area contributed by atoms with Crippen LogP contribution in [0.3, 0.4) is 0 Å². The molecule has 10 aromatic rings. The molecule has 0 atom stereocenters. The SMILES string of the molecule is N#Cc1ccc(-c2ccc(-c3nc(-c4ccccc4)nc(-c4ccc5c(c4)oc4c6ccccc6cc(-c6cccc(-c7ccccc7)c6)c54)n3)cc2)cc1. The van der Waals surface area contributed by atoms with Crippen LogP contribution in [0.1, 0.15) is 5.56 Å². The van der Waals surface area contributed by atoms with E-state index in [-0.39, 0.29) is 0 Å². The Balaban J connectivity index is 1.11. The Hall–Kier alpha value is -7.68. The molecule has 0 N–H and O–H groups in total. The highest BCUT2D eigenvalue weighted by Crippen LogP contribution is 2.43. The number of nitriles is 1. The summed E-state index contributed by atoms with van der Waals surface area (Å²) in [6.45, 7) is 0. The molecule has 2 aromatic heterocycles. The van der Waals surface area contributed by atoms with E-state index in [4.69, 9.17) is 19.4 Å². The van der Waals surface area contributed by atoms with Crippen molar-refractivity contribution in [2.45, 2.75) is 0 Å². The second-order valence-electron chi connectivity index (χ2n) is 13.5. The predicted molar refractivity (Wildman–Crippen MR) is 222 cm³/mol. The quantitative estimate of drug-likeness (QED) is 0.172. The smallest absolute Gasteiger partial charge is 0.164 e. The molecule has 5 nitrogen and oxygen atoms in total. The maximum atomic E-state index is 9.22. The molecule has 5 heteroatoms. The summed E-state index contributed by atoms with van der Waals surface area (Å²) in [7, 11) is 0. The Morgan fingerprint density at radius 1 is 0.400 bits per heavy atom. The van der Waals surface area contributed by atoms with Gasteiger partial charge in [-0.2, -0.15) is 5.26 Å². The highest BCUT2D eigenvalue weighted by atomic mass is 16.3. The Morgan fingerprint density at radius 3 is 1.64 bits per heavy atom. The van der Waals surface area contributed by atoms with Crippen LogP contribution in [0.5, 0.6) is 0 Å². The molecule has 2 heterocycles. The van der Waals surface area contributed by atoms with Crippen LogP contribution in [-0.2, 0) is 0 Å². The van der Waals surface area contributed by atoms with Gasteiger partial charge < -0.3 is 4.42 Å². The van der Waals surface area contributed by atoms with Crippen molar-refractivity contribution in [2.75, 3.05) is 0 Å². The van der Waals surface area contributed by atoms with Crippen molar-refractivity contribution < 1.29 is 4.42 Å². The lowest BCUT2D eigenvalue weighted by Gasteiger charge is -2.10. The number of fused-ring (bicyclic) bond motifs is 5. The molecule has 0 aliphatic heterocycles. The van der Waals surface area contributed by atoms with Crippen LogP contribution < -0.4 is 0 Å². The lowest BCUT2D eigenvalue weighted by atomic mass is 9.93. The van der Waals surface area contributed by atoms with Crippen molar-refractivity contribution in [3.8, 4) is 73.6 Å². The van der Waals surface area contributed by atoms with Crippen LogP contribution in [0, 0.1) is 11.3 Å². The summed E-state index contributed by atoms with van der Waals surface area (Å²) < 4.78 is 6.82. The first-order chi connectivity index (χ1) is 27.2. The van der Waals surface area contributed by atoms with Crippen LogP contribution >= 0.6 is 0 Å². The fourth-order valence-corrected chi connectivity index (χ4v) is 7.37. The average molecular weight is 703 g/mol. The van der Waals surface area contributed by atoms with Gasteiger partial charge in [-0.15, -0.1) is 0 Å². The van der Waals surface area contributed by atoms with Gasteiger partial charge in [0, 0.05) is 32.8 Å². The van der Waals surface area contributed by atoms with E-state index >= 15 is 0 Å². The summed E-state index contributed by atoms with van der Waals surface area (Å²) in [5, 5.41) is 13.5. The molecule has 0 unspecified atom stereocenters. The highest BCUT2D eigenvalue weighted by Gasteiger charge is 2.19. The van der Waals surface area contributed by atoms with Crippen LogP contribution in [0.2, 0.25) is 0 Å². The largest absolute Gasteiger partial charge is 0.455 e. The van der Waals surface area contributed by atoms with Crippen LogP contribution in [0.15, 0.2) is 186 Å². The maximum Gasteiger partial charge on any atom is 0.164 e. The number of nitrogens with zero attached hydrogens (tertiary/aromatic N) is 4. The summed E-state index contributed by atoms with van der Waals surface area (Å²) in [5.74, 6) is 1.72. The van der Waals surface area contributed by atoms with Gasteiger partial charge in [0.05, 0.1) is 11.6 Å². The van der Waals surface area contributed by atoms with E-state index in [1.165, 1.54) is 11.1 Å². The number of benzene rings is 8. The average Bonchev–Trinajstić information content (AvgIpc) is 3.66. The zero-order valence-electron chi connectivity index (χ0n) is 29.5. The molecule has 0 saturated heterocycles. The normalized spacial score (nSPS) is 11.3. The van der Waals surface area contributed by atoms with Gasteiger partial charge in [0.25, 0.3) is 0 Å². The Kier molecular flexibility index (Phi) is 7.79. The van der Waals surface area contributed by atoms with E-state index < -0.39 is 0 Å². The Labute approximate surface area is 317 Å². The molecule has 256 valence electrons. The molecule has 0 fully saturated rings. The molecule has 0 amide bonds. The van der Waals surface area contributed by atoms with Gasteiger partial charge in [-0.3, -0.25) is 0 Å². The molecule has 0 aliphatic carbocycles. The topological polar surface area (TPSA) is 75.6 Å². The number of aromatic nitrogens is 3. The molecule has 55 heavy (non-hydrogen) atoms. The third kappa shape index (κ3) is 5.89. The summed E-state index contributed by atoms with van der Waals surface area (Å²) in [5.41, 5.74) is 11.5. The molecule has 10 rings (SSSR count). The third-order valence-corrected chi connectivity index (χ3v) is 10.2. The molecule has 0 spiro atoms. The van der Waals surface area contributed by atoms with E-state index in [2.05, 4.69) is 115 Å². The van der Waals surface area contributed by atoms with E-state index in [0.717, 1.165) is 71.7 Å². The minimum Gasteiger partial charge on any atom is -0.455 e. The van der Waals surface area contributed by atoms with E-state index in [9.17, 15) is 5.26 Å². The van der Waals surface area contributed by atoms with Crippen molar-refractivity contribution in [1.29, 1.82) is 5.26 Å². The monoisotopic (exact) mass is 702 g/mol. The summed E-state index contributed by atoms with van der Waals surface area (Å²) >= 11 is 0. The van der Waals surface area contributed by atoms with Gasteiger partial charge in [-0.25, -0.2) is 15.0 Å². The van der Waals surface area contributed by atoms with Crippen molar-refractivity contribution >= 4 is 32.7 Å². The first-order valence-electron chi connectivity index (χ1n) is 18.2. The van der Waals surface area contributed by atoms with Crippen LogP contribution in [0.25, 0.3) is 100 Å². The first-order valence-corrected chi connectivity index (χ1v) is 18.2. The van der Waals surface area contributed by atoms with Crippen molar-refractivity contribution in [3.05, 3.63) is 188 Å². The molecular formula is C50H30N4O. The lowest BCUT2D eigenvalue weighted by Crippen LogP contribution is -2.00. The van der Waals surface area contributed by atoms with E-state index in [0.29, 0.717) is 23.0 Å². The van der Waals surface area contributed by atoms with Gasteiger partial charge in [-0.1, -0.05) is 146 Å². The fraction of sp³-hybridized carbons (Fsp3) is 0. The summed E-state index contributed by atoms with van der Waals surface area (Å²) in [6, 6.07) is 64.1. The predicted octanol–water partition coefficient (Wildman–Crippen LogP) is 12.8. The second-order valence-corrected chi connectivity index (χ2v) is 13.5. The van der Waals surface area contributed by atoms with Crippen molar-refractivity contribution in [1.82, 2.24) is 15.0 Å². The standard InChI is InChI=1S/C50H30N4O/c51-31-32-18-20-34(21-19-32)35-22-24-37(25-23-35)49-52-48(36-12-5-2-6-13-36)53-50(54-49)41-26-27-43-45(30-41)55-47-42-17-8-7-14-40(42)29-44(46(43)47)39-16-9-15-38(28-39)33-10-3-1-4-11-33/h1-30H. The molecule has 0 radical (unpaired) electrons. The highest BCUT2D eigenvalue weighted by molar-refractivity contribution is 6.21. The van der Waals surface area contributed by atoms with Gasteiger partial charge in [0.2, 0.25) is 0 Å². The first kappa shape index (κ1) is 32.0. The Morgan fingerprint density at radius 2 is 0.927 bits per heavy atom. The Bertz CT molecular complexity index is 3070. The minimum absolute atomic E-state index is 0.558. The molecular weight excluding hydrogens is 673 g/mol. The zero-order valence-corrected chi connectivity index (χ0v) is 29.5. The molecule has 0 bridgehead atoms. The third-order valence-electron chi connectivity index (χ3n) is 10.2. The van der Waals surface area contributed by atoms with Crippen LogP contribution in [0.4, 0.5) is 0 Å². The zero-order chi connectivity index (χ0) is 36.7. The number of hydrogen-bond acceptors (Lipinski definition) is 5. The molecule has 8 aromatic carbocycles. The van der Waals surface area contributed by atoms with Gasteiger partial charge in [-0.05, 0) is 75.2 Å². The second kappa shape index (κ2) is 13.4. The summed E-state index contributed by atoms with van der Waals surface area (Å²) in [6.07, 6.45) is 0. The van der Waals surface area contributed by atoms with E-state index in [1.54, 1.807) is 0 Å². The van der Waals surface area contributed by atoms with E-state index in [1.807, 2.05) is 72.8 Å². The number of rotatable bonds is 6. The van der Waals surface area contributed by atoms with Crippen molar-refractivity contribution in [2.24, 2.45) is 0 Å². The number of hydrogen-bond donors (Lipinski definition) is 0. The fourth-order valence-electron chi connectivity index (χ4n) is 7.37. The molecule has 0 aliphatic rings. The van der Waals surface area contributed by atoms with Gasteiger partial charge in [0.15, 0.2) is 17.5 Å². The molecule has 0 saturated carbocycles. The van der Waals surface area contributed by atoms with Gasteiger partial charge in [0.1, 0.15) is 11.2 Å². The lowest BCUT2D eigenvalue weighted by molar-refractivity contribution is 0.673. The summed E-state index contributed by atoms with van der Waals surface area (Å²) in [4.78, 5) is 15.0. The van der Waals surface area contributed by atoms with Gasteiger partial charge >= 0.3 is 0 Å². The number of furan rings is 1. The minimum atomic E-state index is 0.558. The van der Waals surface area contributed by atoms with Crippen LogP contribution in [-0.4, -0.2) is 15.0 Å². The maximum absolute atomic E-state index is 9.22. The van der Waals surface area contributed by atoms with Crippen molar-refractivity contribution in [3.63, 3.8) is 0 Å².